The molecule has 16 radical (unpaired) electrons. The molecule has 0 fully saturated rings. The number of hydrogen-bond acceptors (Lipinski definition) is 0. The second-order valence-electron chi connectivity index (χ2n) is 0. The largest absolute Gasteiger partial charge is 0.412 e. The third-order valence-electron chi connectivity index (χ3n) is 0. The van der Waals surface area contributed by atoms with Crippen molar-refractivity contribution >= 4 is 109 Å². The fourth-order valence-electron chi connectivity index (χ4n) is 0. The van der Waals surface area contributed by atoms with E-state index in [4.69, 9.17) is 0 Å². The van der Waals surface area contributed by atoms with Gasteiger partial charge in [-0.1, -0.05) is 0 Å². The van der Waals surface area contributed by atoms with E-state index in [0.717, 1.165) is 0 Å². The maximum absolute atomic E-state index is 0. The van der Waals surface area contributed by atoms with Crippen molar-refractivity contribution in [3.63, 3.8) is 0 Å². The fraction of sp³-hybridized carbons (Fsp3) is 0. The van der Waals surface area contributed by atoms with E-state index in [-0.39, 0.29) is 126 Å². The Labute approximate surface area is 123 Å². The maximum Gasteiger partial charge on any atom is 0 e. The summed E-state index contributed by atoms with van der Waals surface area (Å²) < 4.78 is 0. The Kier molecular flexibility index (Phi) is 599. The molecule has 3 nitrogen and oxygen atoms in total. The second kappa shape index (κ2) is 55.2. The fourth-order valence-corrected chi connectivity index (χ4v) is 0. The van der Waals surface area contributed by atoms with E-state index >= 15 is 0 Å². The van der Waals surface area contributed by atoms with Gasteiger partial charge in [0.15, 0.2) is 0 Å². The first-order valence-corrected chi connectivity index (χ1v) is 0. The second-order valence-corrected chi connectivity index (χ2v) is 0. The molecule has 0 saturated heterocycles. The molecule has 0 aliphatic carbocycles. The van der Waals surface area contributed by atoms with Gasteiger partial charge >= 0.3 is 0 Å². The van der Waals surface area contributed by atoms with Crippen LogP contribution in [-0.2, 0) is 0 Å². The standard InChI is InChI=1S/3H2O.4Pb/h3*1H2;;;;. The van der Waals surface area contributed by atoms with Crippen molar-refractivity contribution in [3.05, 3.63) is 0 Å². The van der Waals surface area contributed by atoms with Crippen LogP contribution in [-0.4, -0.2) is 126 Å². The van der Waals surface area contributed by atoms with Crippen LogP contribution in [0.25, 0.3) is 0 Å². The van der Waals surface area contributed by atoms with Crippen LogP contribution in [0.1, 0.15) is 0 Å². The zero-order valence-corrected chi connectivity index (χ0v) is 19.0. The van der Waals surface area contributed by atoms with Crippen molar-refractivity contribution < 1.29 is 16.4 Å². The number of hydrogen-bond donors (Lipinski definition) is 0. The Morgan fingerprint density at radius 2 is 0.286 bits per heavy atom. The van der Waals surface area contributed by atoms with E-state index in [2.05, 4.69) is 0 Å². The summed E-state index contributed by atoms with van der Waals surface area (Å²) in [5, 5.41) is 0. The van der Waals surface area contributed by atoms with Gasteiger partial charge in [0.1, 0.15) is 0 Å². The molecule has 6 N–H and O–H groups in total. The summed E-state index contributed by atoms with van der Waals surface area (Å²) in [6, 6.07) is 0. The molecule has 0 aromatic heterocycles. The molecule has 0 aromatic rings. The monoisotopic (exact) mass is 886 g/mol. The van der Waals surface area contributed by atoms with Gasteiger partial charge < -0.3 is 16.4 Å². The SMILES string of the molecule is O.O.O.[Pb].[Pb].[Pb].[Pb]. The van der Waals surface area contributed by atoms with Crippen LogP contribution in [0.2, 0.25) is 0 Å². The van der Waals surface area contributed by atoms with Crippen LogP contribution in [0.4, 0.5) is 0 Å². The van der Waals surface area contributed by atoms with Gasteiger partial charge in [0.25, 0.3) is 0 Å². The smallest absolute Gasteiger partial charge is 0 e. The molecule has 0 aliphatic rings. The van der Waals surface area contributed by atoms with Crippen molar-refractivity contribution in [1.82, 2.24) is 0 Å². The first kappa shape index (κ1) is 76.0. The average Bonchev–Trinajstić information content (AvgIpc) is 0. The van der Waals surface area contributed by atoms with Crippen LogP contribution in [0, 0.1) is 0 Å². The van der Waals surface area contributed by atoms with Crippen LogP contribution < -0.4 is 0 Å². The van der Waals surface area contributed by atoms with Crippen LogP contribution >= 0.6 is 0 Å². The summed E-state index contributed by atoms with van der Waals surface area (Å²) in [7, 11) is 0. The van der Waals surface area contributed by atoms with E-state index in [1.807, 2.05) is 0 Å². The van der Waals surface area contributed by atoms with Crippen molar-refractivity contribution in [2.45, 2.75) is 0 Å². The van der Waals surface area contributed by atoms with E-state index < -0.39 is 0 Å². The van der Waals surface area contributed by atoms with Gasteiger partial charge in [-0.3, -0.25) is 0 Å². The molecule has 0 atom stereocenters. The molecule has 0 aromatic carbocycles. The van der Waals surface area contributed by atoms with Gasteiger partial charge in [0.05, 0.1) is 0 Å². The number of rotatable bonds is 0. The Morgan fingerprint density at radius 1 is 0.286 bits per heavy atom. The first-order chi connectivity index (χ1) is 0. The predicted molar refractivity (Wildman–Crippen MR) is 33.9 cm³/mol. The zero-order chi connectivity index (χ0) is 0. The molecule has 0 unspecified atom stereocenters. The summed E-state index contributed by atoms with van der Waals surface area (Å²) in [4.78, 5) is 0. The summed E-state index contributed by atoms with van der Waals surface area (Å²) in [6.07, 6.45) is 0. The van der Waals surface area contributed by atoms with Crippen molar-refractivity contribution in [2.75, 3.05) is 0 Å². The van der Waals surface area contributed by atoms with Gasteiger partial charge in [-0.05, 0) is 0 Å². The molecule has 0 heterocycles. The minimum absolute atomic E-state index is 0. The summed E-state index contributed by atoms with van der Waals surface area (Å²) in [6.45, 7) is 0. The van der Waals surface area contributed by atoms with E-state index in [0.29, 0.717) is 0 Å². The molecule has 7 heteroatoms. The Morgan fingerprint density at radius 3 is 0.286 bits per heavy atom. The third kappa shape index (κ3) is 43.0. The molecule has 0 aliphatic heterocycles. The van der Waals surface area contributed by atoms with Gasteiger partial charge in [-0.15, -0.1) is 0 Å². The van der Waals surface area contributed by atoms with E-state index in [1.165, 1.54) is 0 Å². The Bertz CT molecular complexity index is 6.90. The first-order valence-electron chi connectivity index (χ1n) is 0. The molecule has 0 amide bonds. The molecule has 40 valence electrons. The summed E-state index contributed by atoms with van der Waals surface area (Å²) in [5.41, 5.74) is 0. The van der Waals surface area contributed by atoms with Crippen LogP contribution in [0.5, 0.6) is 0 Å². The molecule has 0 bridgehead atoms. The molecule has 0 spiro atoms. The third-order valence-corrected chi connectivity index (χ3v) is 0. The van der Waals surface area contributed by atoms with Gasteiger partial charge in [-0.2, -0.15) is 0 Å². The summed E-state index contributed by atoms with van der Waals surface area (Å²) in [5.74, 6) is 0. The Hall–Kier alpha value is 3.57. The van der Waals surface area contributed by atoms with Crippen LogP contribution in [0.3, 0.4) is 0 Å². The Balaban J connectivity index is 0. The molecular formula is H6O3Pb4. The minimum atomic E-state index is 0. The predicted octanol–water partition coefficient (Wildman–Crippen LogP) is -4.00. The van der Waals surface area contributed by atoms with Gasteiger partial charge in [0, 0.05) is 109 Å². The molecule has 0 rings (SSSR count). The summed E-state index contributed by atoms with van der Waals surface area (Å²) >= 11 is 0. The molecular weight excluding hydrogens is 877 g/mol. The van der Waals surface area contributed by atoms with Gasteiger partial charge in [-0.25, -0.2) is 0 Å². The quantitative estimate of drug-likeness (QED) is 0.222. The van der Waals surface area contributed by atoms with E-state index in [1.54, 1.807) is 0 Å². The maximum atomic E-state index is 0. The molecule has 7 heavy (non-hydrogen) atoms. The topological polar surface area (TPSA) is 94.5 Å². The normalized spacial score (nSPS) is 0. The van der Waals surface area contributed by atoms with Crippen LogP contribution in [0.15, 0.2) is 0 Å². The van der Waals surface area contributed by atoms with Crippen molar-refractivity contribution in [3.8, 4) is 0 Å². The van der Waals surface area contributed by atoms with E-state index in [9.17, 15) is 0 Å². The molecule has 0 saturated carbocycles. The van der Waals surface area contributed by atoms with Crippen molar-refractivity contribution in [1.29, 1.82) is 0 Å². The van der Waals surface area contributed by atoms with Crippen molar-refractivity contribution in [2.24, 2.45) is 0 Å². The van der Waals surface area contributed by atoms with Gasteiger partial charge in [0.2, 0.25) is 0 Å². The zero-order valence-electron chi connectivity index (χ0n) is 3.50. The average molecular weight is 883 g/mol. The minimum Gasteiger partial charge on any atom is -0.412 e.